The fraction of sp³-hybridized carbons (Fsp3) is 0.600. The molecule has 1 saturated heterocycles. The first-order chi connectivity index (χ1) is 8.69. The van der Waals surface area contributed by atoms with E-state index in [1.807, 2.05) is 12.1 Å². The van der Waals surface area contributed by atoms with Gasteiger partial charge in [-0.1, -0.05) is 30.7 Å². The van der Waals surface area contributed by atoms with Crippen LogP contribution in [0.15, 0.2) is 24.3 Å². The minimum absolute atomic E-state index is 0.426. The maximum atomic E-state index is 6.06. The zero-order valence-electron chi connectivity index (χ0n) is 11.3. The molecule has 0 bridgehead atoms. The standard InChI is InChI=1S/C15H23ClN2/c1-3-15(13-5-4-6-14(16)9-13)17-10-12-7-8-18(2)11-12/h4-6,9,12,15,17H,3,7-8,10-11H2,1-2H3. The first-order valence-electron chi connectivity index (χ1n) is 6.86. The summed E-state index contributed by atoms with van der Waals surface area (Å²) in [5.41, 5.74) is 1.30. The Balaban J connectivity index is 1.89. The van der Waals surface area contributed by atoms with E-state index in [1.54, 1.807) is 0 Å². The summed E-state index contributed by atoms with van der Waals surface area (Å²) >= 11 is 6.06. The number of benzene rings is 1. The lowest BCUT2D eigenvalue weighted by molar-refractivity contribution is 0.377. The van der Waals surface area contributed by atoms with E-state index in [0.29, 0.717) is 6.04 Å². The largest absolute Gasteiger partial charge is 0.310 e. The topological polar surface area (TPSA) is 15.3 Å². The van der Waals surface area contributed by atoms with Crippen LogP contribution in [-0.2, 0) is 0 Å². The third-order valence-electron chi connectivity index (χ3n) is 3.80. The van der Waals surface area contributed by atoms with E-state index in [9.17, 15) is 0 Å². The molecule has 1 heterocycles. The van der Waals surface area contributed by atoms with Gasteiger partial charge < -0.3 is 10.2 Å². The van der Waals surface area contributed by atoms with Crippen molar-refractivity contribution >= 4 is 11.6 Å². The quantitative estimate of drug-likeness (QED) is 0.880. The Labute approximate surface area is 115 Å². The third-order valence-corrected chi connectivity index (χ3v) is 4.04. The van der Waals surface area contributed by atoms with Crippen molar-refractivity contribution in [3.05, 3.63) is 34.9 Å². The van der Waals surface area contributed by atoms with Crippen LogP contribution in [0.3, 0.4) is 0 Å². The Morgan fingerprint density at radius 3 is 2.94 bits per heavy atom. The van der Waals surface area contributed by atoms with Gasteiger partial charge in [0.15, 0.2) is 0 Å². The molecule has 1 aliphatic heterocycles. The molecule has 1 N–H and O–H groups in total. The van der Waals surface area contributed by atoms with Crippen molar-refractivity contribution in [2.75, 3.05) is 26.7 Å². The van der Waals surface area contributed by atoms with Crippen LogP contribution >= 0.6 is 11.6 Å². The van der Waals surface area contributed by atoms with Crippen LogP contribution in [0.25, 0.3) is 0 Å². The molecule has 0 aromatic heterocycles. The molecule has 100 valence electrons. The van der Waals surface area contributed by atoms with E-state index in [0.717, 1.165) is 23.9 Å². The van der Waals surface area contributed by atoms with Gasteiger partial charge in [-0.15, -0.1) is 0 Å². The highest BCUT2D eigenvalue weighted by Crippen LogP contribution is 2.21. The Morgan fingerprint density at radius 2 is 2.33 bits per heavy atom. The van der Waals surface area contributed by atoms with Crippen LogP contribution in [0.2, 0.25) is 5.02 Å². The van der Waals surface area contributed by atoms with E-state index >= 15 is 0 Å². The van der Waals surface area contributed by atoms with Crippen molar-refractivity contribution < 1.29 is 0 Å². The van der Waals surface area contributed by atoms with Crippen molar-refractivity contribution in [1.29, 1.82) is 0 Å². The number of rotatable bonds is 5. The van der Waals surface area contributed by atoms with Crippen LogP contribution in [0, 0.1) is 5.92 Å². The predicted molar refractivity (Wildman–Crippen MR) is 78.1 cm³/mol. The lowest BCUT2D eigenvalue weighted by Crippen LogP contribution is -2.28. The normalized spacial score (nSPS) is 22.3. The van der Waals surface area contributed by atoms with Crippen LogP contribution in [0.4, 0.5) is 0 Å². The monoisotopic (exact) mass is 266 g/mol. The molecule has 2 rings (SSSR count). The molecule has 3 heteroatoms. The molecule has 1 aromatic rings. The molecule has 0 spiro atoms. The lowest BCUT2D eigenvalue weighted by Gasteiger charge is -2.20. The second kappa shape index (κ2) is 6.55. The number of nitrogens with one attached hydrogen (secondary N) is 1. The van der Waals surface area contributed by atoms with Gasteiger partial charge in [0.2, 0.25) is 0 Å². The Bertz CT molecular complexity index is 381. The highest BCUT2D eigenvalue weighted by Gasteiger charge is 2.20. The second-order valence-corrected chi connectivity index (χ2v) is 5.78. The second-order valence-electron chi connectivity index (χ2n) is 5.34. The minimum atomic E-state index is 0.426. The highest BCUT2D eigenvalue weighted by atomic mass is 35.5. The number of nitrogens with zero attached hydrogens (tertiary/aromatic N) is 1. The van der Waals surface area contributed by atoms with Crippen molar-refractivity contribution in [2.45, 2.75) is 25.8 Å². The van der Waals surface area contributed by atoms with Gasteiger partial charge in [0.25, 0.3) is 0 Å². The molecule has 0 amide bonds. The molecular weight excluding hydrogens is 244 g/mol. The minimum Gasteiger partial charge on any atom is -0.310 e. The van der Waals surface area contributed by atoms with Crippen LogP contribution in [0.1, 0.15) is 31.4 Å². The first kappa shape index (κ1) is 13.9. The maximum Gasteiger partial charge on any atom is 0.0409 e. The van der Waals surface area contributed by atoms with Crippen molar-refractivity contribution in [3.8, 4) is 0 Å². The molecule has 1 aliphatic rings. The van der Waals surface area contributed by atoms with Crippen molar-refractivity contribution in [3.63, 3.8) is 0 Å². The Hall–Kier alpha value is -0.570. The number of halogens is 1. The van der Waals surface area contributed by atoms with Gasteiger partial charge in [0.1, 0.15) is 0 Å². The summed E-state index contributed by atoms with van der Waals surface area (Å²) in [6.45, 7) is 5.79. The average Bonchev–Trinajstić information content (AvgIpc) is 2.76. The SMILES string of the molecule is CCC(NCC1CCN(C)C1)c1cccc(Cl)c1. The van der Waals surface area contributed by atoms with Crippen LogP contribution < -0.4 is 5.32 Å². The summed E-state index contributed by atoms with van der Waals surface area (Å²) in [7, 11) is 2.20. The Morgan fingerprint density at radius 1 is 1.50 bits per heavy atom. The van der Waals surface area contributed by atoms with Crippen molar-refractivity contribution in [1.82, 2.24) is 10.2 Å². The van der Waals surface area contributed by atoms with E-state index in [1.165, 1.54) is 25.1 Å². The molecule has 2 nitrogen and oxygen atoms in total. The van der Waals surface area contributed by atoms with E-state index in [-0.39, 0.29) is 0 Å². The summed E-state index contributed by atoms with van der Waals surface area (Å²) in [5.74, 6) is 0.795. The zero-order chi connectivity index (χ0) is 13.0. The summed E-state index contributed by atoms with van der Waals surface area (Å²) in [6, 6.07) is 8.63. The Kier molecular flexibility index (Phi) is 5.04. The van der Waals surface area contributed by atoms with Gasteiger partial charge in [0, 0.05) is 17.6 Å². The smallest absolute Gasteiger partial charge is 0.0409 e. The first-order valence-corrected chi connectivity index (χ1v) is 7.24. The van der Waals surface area contributed by atoms with Gasteiger partial charge in [-0.2, -0.15) is 0 Å². The molecule has 18 heavy (non-hydrogen) atoms. The summed E-state index contributed by atoms with van der Waals surface area (Å²) in [6.07, 6.45) is 2.42. The van der Waals surface area contributed by atoms with Crippen molar-refractivity contribution in [2.24, 2.45) is 5.92 Å². The molecule has 0 saturated carbocycles. The van der Waals surface area contributed by atoms with Crippen LogP contribution in [0.5, 0.6) is 0 Å². The number of likely N-dealkylation sites (tertiary alicyclic amines) is 1. The molecule has 2 atom stereocenters. The molecule has 1 fully saturated rings. The molecule has 0 aliphatic carbocycles. The van der Waals surface area contributed by atoms with Crippen LogP contribution in [-0.4, -0.2) is 31.6 Å². The maximum absolute atomic E-state index is 6.06. The van der Waals surface area contributed by atoms with Gasteiger partial charge in [-0.3, -0.25) is 0 Å². The van der Waals surface area contributed by atoms with E-state index < -0.39 is 0 Å². The van der Waals surface area contributed by atoms with Gasteiger partial charge >= 0.3 is 0 Å². The third kappa shape index (κ3) is 3.71. The highest BCUT2D eigenvalue weighted by molar-refractivity contribution is 6.30. The van der Waals surface area contributed by atoms with E-state index in [2.05, 4.69) is 36.3 Å². The fourth-order valence-electron chi connectivity index (χ4n) is 2.72. The van der Waals surface area contributed by atoms with Gasteiger partial charge in [0.05, 0.1) is 0 Å². The number of hydrogen-bond acceptors (Lipinski definition) is 2. The summed E-state index contributed by atoms with van der Waals surface area (Å²) in [5, 5.41) is 4.52. The molecule has 0 radical (unpaired) electrons. The number of hydrogen-bond donors (Lipinski definition) is 1. The lowest BCUT2D eigenvalue weighted by atomic mass is 10.0. The summed E-state index contributed by atoms with van der Waals surface area (Å²) in [4.78, 5) is 2.41. The average molecular weight is 267 g/mol. The van der Waals surface area contributed by atoms with E-state index in [4.69, 9.17) is 11.6 Å². The fourth-order valence-corrected chi connectivity index (χ4v) is 2.92. The zero-order valence-corrected chi connectivity index (χ0v) is 12.1. The predicted octanol–water partition coefficient (Wildman–Crippen LogP) is 3.33. The summed E-state index contributed by atoms with van der Waals surface area (Å²) < 4.78 is 0. The molecule has 1 aromatic carbocycles. The molecular formula is C15H23ClN2. The van der Waals surface area contributed by atoms with Gasteiger partial charge in [-0.05, 0) is 56.6 Å². The molecule has 2 unspecified atom stereocenters. The van der Waals surface area contributed by atoms with Gasteiger partial charge in [-0.25, -0.2) is 0 Å².